The first-order valence-electron chi connectivity index (χ1n) is 10.4. The van der Waals surface area contributed by atoms with Crippen LogP contribution in [0.5, 0.6) is 11.5 Å². The van der Waals surface area contributed by atoms with Crippen molar-refractivity contribution in [3.63, 3.8) is 0 Å². The van der Waals surface area contributed by atoms with Crippen LogP contribution in [0.15, 0.2) is 109 Å². The van der Waals surface area contributed by atoms with Crippen molar-refractivity contribution in [2.24, 2.45) is 0 Å². The third-order valence-corrected chi connectivity index (χ3v) is 6.36. The van der Waals surface area contributed by atoms with E-state index in [2.05, 4.69) is 62.4 Å². The SMILES string of the molecule is CC(C)(c1ccccc1)c1ccc(-c2ccc(OP(=O)(O)Oc3ccccc3)cc2)cc1. The summed E-state index contributed by atoms with van der Waals surface area (Å²) in [7, 11) is -4.28. The highest BCUT2D eigenvalue weighted by Gasteiger charge is 2.25. The number of hydrogen-bond acceptors (Lipinski definition) is 3. The van der Waals surface area contributed by atoms with E-state index >= 15 is 0 Å². The Morgan fingerprint density at radius 3 is 1.53 bits per heavy atom. The van der Waals surface area contributed by atoms with Crippen molar-refractivity contribution < 1.29 is 18.5 Å². The van der Waals surface area contributed by atoms with Gasteiger partial charge in [0.2, 0.25) is 0 Å². The van der Waals surface area contributed by atoms with E-state index < -0.39 is 7.82 Å². The zero-order valence-corrected chi connectivity index (χ0v) is 18.9. The van der Waals surface area contributed by atoms with E-state index in [-0.39, 0.29) is 16.9 Å². The van der Waals surface area contributed by atoms with Crippen LogP contribution in [-0.4, -0.2) is 4.89 Å². The normalized spacial score (nSPS) is 13.2. The molecule has 1 unspecified atom stereocenters. The molecule has 1 N–H and O–H groups in total. The molecule has 0 amide bonds. The van der Waals surface area contributed by atoms with Crippen LogP contribution in [0.2, 0.25) is 0 Å². The maximum absolute atomic E-state index is 12.3. The summed E-state index contributed by atoms with van der Waals surface area (Å²) in [5, 5.41) is 0. The predicted octanol–water partition coefficient (Wildman–Crippen LogP) is 7.24. The second kappa shape index (κ2) is 9.04. The van der Waals surface area contributed by atoms with Gasteiger partial charge in [-0.05, 0) is 46.5 Å². The van der Waals surface area contributed by atoms with Crippen LogP contribution in [0.3, 0.4) is 0 Å². The molecule has 0 bridgehead atoms. The van der Waals surface area contributed by atoms with Gasteiger partial charge in [0.05, 0.1) is 0 Å². The molecule has 0 heterocycles. The molecule has 0 spiro atoms. The van der Waals surface area contributed by atoms with Crippen LogP contribution in [0, 0.1) is 0 Å². The van der Waals surface area contributed by atoms with Crippen molar-refractivity contribution in [2.75, 3.05) is 0 Å². The summed E-state index contributed by atoms with van der Waals surface area (Å²) in [4.78, 5) is 10.0. The van der Waals surface area contributed by atoms with Gasteiger partial charge >= 0.3 is 7.82 Å². The van der Waals surface area contributed by atoms with Crippen LogP contribution in [-0.2, 0) is 9.98 Å². The molecule has 4 aromatic rings. The molecular formula is C27H25O4P. The smallest absolute Gasteiger partial charge is 0.395 e. The summed E-state index contributed by atoms with van der Waals surface area (Å²) >= 11 is 0. The van der Waals surface area contributed by atoms with Gasteiger partial charge in [0.25, 0.3) is 0 Å². The van der Waals surface area contributed by atoms with Crippen LogP contribution >= 0.6 is 7.82 Å². The van der Waals surface area contributed by atoms with E-state index in [1.54, 1.807) is 42.5 Å². The number of phosphoric acid groups is 1. The lowest BCUT2D eigenvalue weighted by Gasteiger charge is -2.26. The molecule has 0 saturated carbocycles. The third kappa shape index (κ3) is 5.11. The number of benzene rings is 4. The standard InChI is InChI=1S/C27H25O4P/c1-27(2,23-9-5-3-6-10-23)24-17-13-21(14-18-24)22-15-19-26(20-16-22)31-32(28,29)30-25-11-7-4-8-12-25/h3-20H,1-2H3,(H,28,29). The van der Waals surface area contributed by atoms with Crippen molar-refractivity contribution in [2.45, 2.75) is 19.3 Å². The Balaban J connectivity index is 1.47. The third-order valence-electron chi connectivity index (χ3n) is 5.47. The summed E-state index contributed by atoms with van der Waals surface area (Å²) in [6.07, 6.45) is 0. The molecule has 32 heavy (non-hydrogen) atoms. The second-order valence-electron chi connectivity index (χ2n) is 8.06. The highest BCUT2D eigenvalue weighted by molar-refractivity contribution is 7.48. The van der Waals surface area contributed by atoms with E-state index in [9.17, 15) is 9.46 Å². The Labute approximate surface area is 188 Å². The van der Waals surface area contributed by atoms with Gasteiger partial charge in [0.15, 0.2) is 0 Å². The Kier molecular flexibility index (Phi) is 6.18. The number of para-hydroxylation sites is 1. The van der Waals surface area contributed by atoms with Crippen LogP contribution in [0.25, 0.3) is 11.1 Å². The minimum atomic E-state index is -4.28. The maximum atomic E-state index is 12.3. The van der Waals surface area contributed by atoms with Gasteiger partial charge in [-0.15, -0.1) is 0 Å². The average Bonchev–Trinajstić information content (AvgIpc) is 2.80. The lowest BCUT2D eigenvalue weighted by atomic mass is 9.78. The highest BCUT2D eigenvalue weighted by atomic mass is 31.2. The molecule has 0 fully saturated rings. The molecule has 5 heteroatoms. The summed E-state index contributed by atoms with van der Waals surface area (Å²) in [6.45, 7) is 4.43. The van der Waals surface area contributed by atoms with E-state index in [0.717, 1.165) is 11.1 Å². The quantitative estimate of drug-likeness (QED) is 0.305. The van der Waals surface area contributed by atoms with Crippen molar-refractivity contribution in [3.05, 3.63) is 120 Å². The molecule has 0 aliphatic carbocycles. The second-order valence-corrected chi connectivity index (χ2v) is 9.36. The molecule has 4 aromatic carbocycles. The van der Waals surface area contributed by atoms with Crippen molar-refractivity contribution in [3.8, 4) is 22.6 Å². The first kappa shape index (κ1) is 21.9. The molecular weight excluding hydrogens is 419 g/mol. The minimum Gasteiger partial charge on any atom is -0.395 e. The fourth-order valence-corrected chi connectivity index (χ4v) is 4.39. The number of phosphoric ester groups is 1. The van der Waals surface area contributed by atoms with Gasteiger partial charge in [-0.25, -0.2) is 4.57 Å². The number of hydrogen-bond donors (Lipinski definition) is 1. The average molecular weight is 444 g/mol. The van der Waals surface area contributed by atoms with Gasteiger partial charge in [0, 0.05) is 5.41 Å². The van der Waals surface area contributed by atoms with Crippen molar-refractivity contribution >= 4 is 7.82 Å². The first-order valence-corrected chi connectivity index (χ1v) is 11.9. The monoisotopic (exact) mass is 444 g/mol. The molecule has 4 rings (SSSR count). The summed E-state index contributed by atoms with van der Waals surface area (Å²) < 4.78 is 22.6. The van der Waals surface area contributed by atoms with Gasteiger partial charge in [-0.1, -0.05) is 98.8 Å². The van der Waals surface area contributed by atoms with Gasteiger partial charge < -0.3 is 9.05 Å². The van der Waals surface area contributed by atoms with Crippen molar-refractivity contribution in [1.29, 1.82) is 0 Å². The minimum absolute atomic E-state index is 0.0987. The Bertz CT molecular complexity index is 1200. The topological polar surface area (TPSA) is 55.8 Å². The zero-order valence-electron chi connectivity index (χ0n) is 18.0. The Hall–Kier alpha value is -3.33. The van der Waals surface area contributed by atoms with Gasteiger partial charge in [-0.3, -0.25) is 4.89 Å². The lowest BCUT2D eigenvalue weighted by Crippen LogP contribution is -2.18. The van der Waals surface area contributed by atoms with Crippen LogP contribution < -0.4 is 9.05 Å². The van der Waals surface area contributed by atoms with E-state index in [1.165, 1.54) is 11.1 Å². The van der Waals surface area contributed by atoms with E-state index in [4.69, 9.17) is 9.05 Å². The molecule has 0 aliphatic rings. The molecule has 0 aromatic heterocycles. The molecule has 0 radical (unpaired) electrons. The summed E-state index contributed by atoms with van der Waals surface area (Å²) in [6, 6.07) is 34.4. The predicted molar refractivity (Wildman–Crippen MR) is 128 cm³/mol. The summed E-state index contributed by atoms with van der Waals surface area (Å²) in [5.74, 6) is 0.533. The number of rotatable bonds is 7. The zero-order chi connectivity index (χ0) is 22.6. The maximum Gasteiger partial charge on any atom is 0.584 e. The molecule has 4 nitrogen and oxygen atoms in total. The first-order chi connectivity index (χ1) is 15.3. The molecule has 162 valence electrons. The lowest BCUT2D eigenvalue weighted by molar-refractivity contribution is 0.291. The van der Waals surface area contributed by atoms with Crippen LogP contribution in [0.4, 0.5) is 0 Å². The van der Waals surface area contributed by atoms with E-state index in [0.29, 0.717) is 0 Å². The fraction of sp³-hybridized carbons (Fsp3) is 0.111. The van der Waals surface area contributed by atoms with Gasteiger partial charge in [0.1, 0.15) is 11.5 Å². The summed E-state index contributed by atoms with van der Waals surface area (Å²) in [5.41, 5.74) is 4.43. The van der Waals surface area contributed by atoms with Crippen molar-refractivity contribution in [1.82, 2.24) is 0 Å². The largest absolute Gasteiger partial charge is 0.584 e. The molecule has 1 atom stereocenters. The molecule has 0 saturated heterocycles. The Morgan fingerprint density at radius 1 is 0.594 bits per heavy atom. The highest BCUT2D eigenvalue weighted by Crippen LogP contribution is 2.44. The van der Waals surface area contributed by atoms with Crippen LogP contribution in [0.1, 0.15) is 25.0 Å². The molecule has 0 aliphatic heterocycles. The van der Waals surface area contributed by atoms with E-state index in [1.807, 2.05) is 18.2 Å². The van der Waals surface area contributed by atoms with Gasteiger partial charge in [-0.2, -0.15) is 0 Å². The Morgan fingerprint density at radius 2 is 1.00 bits per heavy atom. The fourth-order valence-electron chi connectivity index (χ4n) is 3.58.